The fourth-order valence-electron chi connectivity index (χ4n) is 2.28. The van der Waals surface area contributed by atoms with Crippen LogP contribution in [0.2, 0.25) is 0 Å². The normalized spacial score (nSPS) is 11.9. The van der Waals surface area contributed by atoms with E-state index in [0.717, 1.165) is 23.4 Å². The molecule has 1 N–H and O–H groups in total. The molecule has 0 fully saturated rings. The lowest BCUT2D eigenvalue weighted by molar-refractivity contribution is -0.122. The van der Waals surface area contributed by atoms with Crippen LogP contribution in [-0.4, -0.2) is 31.0 Å². The zero-order valence-corrected chi connectivity index (χ0v) is 13.4. The van der Waals surface area contributed by atoms with Gasteiger partial charge in [-0.3, -0.25) is 4.79 Å². The first-order valence-corrected chi connectivity index (χ1v) is 7.31. The van der Waals surface area contributed by atoms with Gasteiger partial charge in [0.15, 0.2) is 0 Å². The molecule has 0 aromatic carbocycles. The molecular weight excluding hydrogens is 266 g/mol. The first kappa shape index (κ1) is 15.4. The zero-order chi connectivity index (χ0) is 15.6. The van der Waals surface area contributed by atoms with E-state index in [9.17, 15) is 4.79 Å². The van der Waals surface area contributed by atoms with Crippen molar-refractivity contribution in [3.05, 3.63) is 23.3 Å². The Morgan fingerprint density at radius 2 is 2.10 bits per heavy atom. The molecule has 0 aliphatic carbocycles. The van der Waals surface area contributed by atoms with Gasteiger partial charge in [0.25, 0.3) is 5.78 Å². The van der Waals surface area contributed by atoms with Gasteiger partial charge in [-0.25, -0.2) is 9.50 Å². The molecule has 0 atom stereocenters. The van der Waals surface area contributed by atoms with E-state index in [1.807, 2.05) is 27.7 Å². The summed E-state index contributed by atoms with van der Waals surface area (Å²) in [6.45, 7) is 10.1. The van der Waals surface area contributed by atoms with Crippen LogP contribution >= 0.6 is 0 Å². The van der Waals surface area contributed by atoms with E-state index in [2.05, 4.69) is 27.3 Å². The number of hydrogen-bond donors (Lipinski definition) is 1. The smallest absolute Gasteiger partial charge is 0.252 e. The summed E-state index contributed by atoms with van der Waals surface area (Å²) >= 11 is 0. The molecule has 2 aromatic heterocycles. The maximum absolute atomic E-state index is 12.1. The lowest BCUT2D eigenvalue weighted by Gasteiger charge is -2.24. The third kappa shape index (κ3) is 3.37. The van der Waals surface area contributed by atoms with Crippen LogP contribution < -0.4 is 5.32 Å². The van der Waals surface area contributed by atoms with Gasteiger partial charge in [0.1, 0.15) is 6.33 Å². The monoisotopic (exact) mass is 289 g/mol. The molecule has 0 bridgehead atoms. The topological polar surface area (TPSA) is 72.2 Å². The third-order valence-corrected chi connectivity index (χ3v) is 3.95. The van der Waals surface area contributed by atoms with E-state index in [0.29, 0.717) is 18.6 Å². The Morgan fingerprint density at radius 3 is 2.76 bits per heavy atom. The minimum atomic E-state index is -0.157. The van der Waals surface area contributed by atoms with Gasteiger partial charge in [-0.1, -0.05) is 6.92 Å². The number of carbonyl (C=O) groups is 1. The standard InChI is InChI=1S/C15H23N5O/c1-6-15(4,5)19-13(21)8-7-12-10(2)18-14-16-9-17-20(14)11(12)3/h9H,6-8H2,1-5H3,(H,19,21). The SMILES string of the molecule is CCC(C)(C)NC(=O)CCc1c(C)nc2ncnn2c1C. The number of aromatic nitrogens is 4. The average molecular weight is 289 g/mol. The third-order valence-electron chi connectivity index (χ3n) is 3.95. The van der Waals surface area contributed by atoms with Gasteiger partial charge >= 0.3 is 0 Å². The lowest BCUT2D eigenvalue weighted by Crippen LogP contribution is -2.42. The van der Waals surface area contributed by atoms with E-state index in [1.54, 1.807) is 4.52 Å². The first-order chi connectivity index (χ1) is 9.84. The van der Waals surface area contributed by atoms with E-state index in [-0.39, 0.29) is 11.4 Å². The van der Waals surface area contributed by atoms with Gasteiger partial charge in [-0.05, 0) is 46.1 Å². The number of rotatable bonds is 5. The van der Waals surface area contributed by atoms with Crippen molar-refractivity contribution in [3.63, 3.8) is 0 Å². The second-order valence-corrected chi connectivity index (χ2v) is 6.02. The highest BCUT2D eigenvalue weighted by Crippen LogP contribution is 2.15. The molecule has 21 heavy (non-hydrogen) atoms. The van der Waals surface area contributed by atoms with E-state index < -0.39 is 0 Å². The predicted molar refractivity (Wildman–Crippen MR) is 81.1 cm³/mol. The van der Waals surface area contributed by atoms with Crippen molar-refractivity contribution in [2.24, 2.45) is 0 Å². The molecule has 2 rings (SSSR count). The number of amides is 1. The molecule has 0 saturated carbocycles. The van der Waals surface area contributed by atoms with Gasteiger partial charge in [0, 0.05) is 23.3 Å². The fourth-order valence-corrected chi connectivity index (χ4v) is 2.28. The summed E-state index contributed by atoms with van der Waals surface area (Å²) in [6, 6.07) is 0. The average Bonchev–Trinajstić information content (AvgIpc) is 2.86. The summed E-state index contributed by atoms with van der Waals surface area (Å²) in [6.07, 6.45) is 3.51. The summed E-state index contributed by atoms with van der Waals surface area (Å²) in [4.78, 5) is 20.6. The Labute approximate surface area is 125 Å². The van der Waals surface area contributed by atoms with Gasteiger partial charge in [0.2, 0.25) is 5.91 Å². The lowest BCUT2D eigenvalue weighted by atomic mass is 10.0. The molecule has 2 aromatic rings. The summed E-state index contributed by atoms with van der Waals surface area (Å²) in [5.74, 6) is 0.671. The minimum absolute atomic E-state index is 0.0688. The molecule has 6 nitrogen and oxygen atoms in total. The van der Waals surface area contributed by atoms with Crippen LogP contribution in [0, 0.1) is 13.8 Å². The number of carbonyl (C=O) groups excluding carboxylic acids is 1. The molecule has 0 radical (unpaired) electrons. The number of hydrogen-bond acceptors (Lipinski definition) is 4. The van der Waals surface area contributed by atoms with Crippen molar-refractivity contribution in [2.75, 3.05) is 0 Å². The molecule has 114 valence electrons. The molecule has 0 unspecified atom stereocenters. The Bertz CT molecular complexity index is 659. The second kappa shape index (κ2) is 5.79. The van der Waals surface area contributed by atoms with Crippen molar-refractivity contribution < 1.29 is 4.79 Å². The summed E-state index contributed by atoms with van der Waals surface area (Å²) in [5, 5.41) is 7.22. The molecule has 6 heteroatoms. The molecule has 2 heterocycles. The van der Waals surface area contributed by atoms with E-state index >= 15 is 0 Å². The summed E-state index contributed by atoms with van der Waals surface area (Å²) in [7, 11) is 0. The summed E-state index contributed by atoms with van der Waals surface area (Å²) < 4.78 is 1.72. The highest BCUT2D eigenvalue weighted by molar-refractivity contribution is 5.77. The Balaban J connectivity index is 2.12. The fraction of sp³-hybridized carbons (Fsp3) is 0.600. The molecule has 1 amide bonds. The van der Waals surface area contributed by atoms with Crippen molar-refractivity contribution in [1.29, 1.82) is 0 Å². The number of nitrogens with one attached hydrogen (secondary N) is 1. The van der Waals surface area contributed by atoms with Crippen molar-refractivity contribution in [1.82, 2.24) is 24.9 Å². The number of aryl methyl sites for hydroxylation is 2. The number of fused-ring (bicyclic) bond motifs is 1. The number of nitrogens with zero attached hydrogens (tertiary/aromatic N) is 4. The Hall–Kier alpha value is -1.98. The molecular formula is C15H23N5O. The Morgan fingerprint density at radius 1 is 1.38 bits per heavy atom. The predicted octanol–water partition coefficient (Wildman–Crippen LogP) is 1.98. The maximum atomic E-state index is 12.1. The Kier molecular flexibility index (Phi) is 4.25. The highest BCUT2D eigenvalue weighted by atomic mass is 16.1. The van der Waals surface area contributed by atoms with Crippen molar-refractivity contribution >= 4 is 11.7 Å². The molecule has 0 aliphatic heterocycles. The van der Waals surface area contributed by atoms with Crippen LogP contribution in [0.4, 0.5) is 0 Å². The van der Waals surface area contributed by atoms with Gasteiger partial charge in [0.05, 0.1) is 0 Å². The summed E-state index contributed by atoms with van der Waals surface area (Å²) in [5.41, 5.74) is 2.82. The second-order valence-electron chi connectivity index (χ2n) is 6.02. The van der Waals surface area contributed by atoms with Crippen molar-refractivity contribution in [3.8, 4) is 0 Å². The maximum Gasteiger partial charge on any atom is 0.252 e. The van der Waals surface area contributed by atoms with Crippen LogP contribution in [0.3, 0.4) is 0 Å². The van der Waals surface area contributed by atoms with E-state index in [1.165, 1.54) is 6.33 Å². The highest BCUT2D eigenvalue weighted by Gasteiger charge is 2.18. The van der Waals surface area contributed by atoms with Crippen LogP contribution in [0.1, 0.15) is 50.6 Å². The van der Waals surface area contributed by atoms with Crippen LogP contribution in [-0.2, 0) is 11.2 Å². The van der Waals surface area contributed by atoms with Crippen LogP contribution in [0.5, 0.6) is 0 Å². The molecule has 0 spiro atoms. The van der Waals surface area contributed by atoms with E-state index in [4.69, 9.17) is 0 Å². The quantitative estimate of drug-likeness (QED) is 0.913. The van der Waals surface area contributed by atoms with Gasteiger partial charge in [-0.2, -0.15) is 10.1 Å². The first-order valence-electron chi connectivity index (χ1n) is 7.31. The largest absolute Gasteiger partial charge is 0.351 e. The minimum Gasteiger partial charge on any atom is -0.351 e. The van der Waals surface area contributed by atoms with Gasteiger partial charge in [-0.15, -0.1) is 0 Å². The van der Waals surface area contributed by atoms with Gasteiger partial charge < -0.3 is 5.32 Å². The van der Waals surface area contributed by atoms with Crippen molar-refractivity contribution in [2.45, 2.75) is 59.4 Å². The molecule has 0 aliphatic rings. The molecule has 0 saturated heterocycles. The zero-order valence-electron chi connectivity index (χ0n) is 13.4. The van der Waals surface area contributed by atoms with Crippen LogP contribution in [0.15, 0.2) is 6.33 Å². The van der Waals surface area contributed by atoms with Crippen LogP contribution in [0.25, 0.3) is 5.78 Å².